The Kier molecular flexibility index (Phi) is 3.12. The molecule has 1 spiro atoms. The zero-order valence-corrected chi connectivity index (χ0v) is 12.4. The standard InChI is InChI=1S/C15H16F2N4O2/c16-15(17)2-5-20(8-14(15)3-6-23-9-14)13(22)11-1-4-21-10-18-19-12(21)7-11/h1,4,7,10H,2-3,5-6,8-9H2. The lowest BCUT2D eigenvalue weighted by Crippen LogP contribution is -2.57. The molecule has 0 bridgehead atoms. The fourth-order valence-electron chi connectivity index (χ4n) is 3.43. The highest BCUT2D eigenvalue weighted by Gasteiger charge is 2.59. The van der Waals surface area contributed by atoms with Gasteiger partial charge in [0.2, 0.25) is 0 Å². The zero-order chi connectivity index (χ0) is 16.1. The van der Waals surface area contributed by atoms with E-state index in [9.17, 15) is 13.6 Å². The number of alkyl halides is 2. The summed E-state index contributed by atoms with van der Waals surface area (Å²) in [7, 11) is 0. The minimum absolute atomic E-state index is 0.00694. The van der Waals surface area contributed by atoms with E-state index in [-0.39, 0.29) is 38.4 Å². The van der Waals surface area contributed by atoms with Crippen LogP contribution in [0.5, 0.6) is 0 Å². The fourth-order valence-corrected chi connectivity index (χ4v) is 3.43. The van der Waals surface area contributed by atoms with Crippen LogP contribution in [0.4, 0.5) is 8.78 Å². The Labute approximate surface area is 131 Å². The summed E-state index contributed by atoms with van der Waals surface area (Å²) in [5.41, 5.74) is -0.262. The molecule has 2 aliphatic heterocycles. The number of carbonyl (C=O) groups excluding carboxylic acids is 1. The van der Waals surface area contributed by atoms with Gasteiger partial charge in [0.15, 0.2) is 5.65 Å². The molecule has 2 fully saturated rings. The summed E-state index contributed by atoms with van der Waals surface area (Å²) in [6.07, 6.45) is 3.19. The molecule has 1 atom stereocenters. The van der Waals surface area contributed by atoms with Crippen LogP contribution in [0.15, 0.2) is 24.7 Å². The highest BCUT2D eigenvalue weighted by atomic mass is 19.3. The van der Waals surface area contributed by atoms with Crippen molar-refractivity contribution in [1.29, 1.82) is 0 Å². The summed E-state index contributed by atoms with van der Waals surface area (Å²) in [5, 5.41) is 7.67. The second-order valence-corrected chi connectivity index (χ2v) is 6.28. The van der Waals surface area contributed by atoms with Crippen LogP contribution in [-0.4, -0.2) is 57.6 Å². The monoisotopic (exact) mass is 322 g/mol. The maximum Gasteiger partial charge on any atom is 0.259 e. The summed E-state index contributed by atoms with van der Waals surface area (Å²) in [5.74, 6) is -3.05. The number of ether oxygens (including phenoxy) is 1. The Bertz CT molecular complexity index is 755. The van der Waals surface area contributed by atoms with Crippen molar-refractivity contribution >= 4 is 11.6 Å². The number of carbonyl (C=O) groups is 1. The third-order valence-corrected chi connectivity index (χ3v) is 4.90. The molecular formula is C15H16F2N4O2. The normalized spacial score (nSPS) is 27.0. The molecule has 0 aromatic carbocycles. The Morgan fingerprint density at radius 1 is 1.35 bits per heavy atom. The first-order valence-corrected chi connectivity index (χ1v) is 7.55. The molecule has 0 saturated carbocycles. The van der Waals surface area contributed by atoms with Gasteiger partial charge >= 0.3 is 0 Å². The van der Waals surface area contributed by atoms with Gasteiger partial charge in [-0.1, -0.05) is 0 Å². The van der Waals surface area contributed by atoms with Crippen molar-refractivity contribution < 1.29 is 18.3 Å². The molecule has 122 valence electrons. The van der Waals surface area contributed by atoms with Crippen LogP contribution in [0.2, 0.25) is 0 Å². The van der Waals surface area contributed by atoms with E-state index in [0.717, 1.165) is 0 Å². The van der Waals surface area contributed by atoms with Crippen molar-refractivity contribution in [3.63, 3.8) is 0 Å². The number of fused-ring (bicyclic) bond motifs is 1. The SMILES string of the molecule is O=C(c1ccn2cnnc2c1)N1CCC(F)(F)C2(CCOC2)C1. The first-order chi connectivity index (χ1) is 11.0. The van der Waals surface area contributed by atoms with E-state index in [2.05, 4.69) is 10.2 Å². The van der Waals surface area contributed by atoms with Crippen LogP contribution in [0.3, 0.4) is 0 Å². The van der Waals surface area contributed by atoms with E-state index in [1.54, 1.807) is 22.7 Å². The molecule has 2 saturated heterocycles. The summed E-state index contributed by atoms with van der Waals surface area (Å²) in [6, 6.07) is 3.28. The third-order valence-electron chi connectivity index (χ3n) is 4.90. The van der Waals surface area contributed by atoms with Crippen LogP contribution in [0.25, 0.3) is 5.65 Å². The molecule has 2 aromatic heterocycles. The first-order valence-electron chi connectivity index (χ1n) is 7.55. The second kappa shape index (κ2) is 4.95. The number of rotatable bonds is 1. The maximum atomic E-state index is 14.3. The Balaban J connectivity index is 1.61. The number of pyridine rings is 1. The quantitative estimate of drug-likeness (QED) is 0.800. The lowest BCUT2D eigenvalue weighted by molar-refractivity contribution is -0.159. The fraction of sp³-hybridized carbons (Fsp3) is 0.533. The smallest absolute Gasteiger partial charge is 0.259 e. The summed E-state index contributed by atoms with van der Waals surface area (Å²) >= 11 is 0. The Morgan fingerprint density at radius 3 is 3.00 bits per heavy atom. The van der Waals surface area contributed by atoms with Gasteiger partial charge in [0.25, 0.3) is 11.8 Å². The third kappa shape index (κ3) is 2.20. The second-order valence-electron chi connectivity index (χ2n) is 6.28. The van der Waals surface area contributed by atoms with E-state index < -0.39 is 11.3 Å². The molecule has 4 heterocycles. The molecule has 0 N–H and O–H groups in total. The minimum atomic E-state index is -2.79. The number of halogens is 2. The largest absolute Gasteiger partial charge is 0.381 e. The van der Waals surface area contributed by atoms with Gasteiger partial charge in [-0.3, -0.25) is 9.20 Å². The van der Waals surface area contributed by atoms with Crippen LogP contribution < -0.4 is 0 Å². The first kappa shape index (κ1) is 14.5. The highest BCUT2D eigenvalue weighted by molar-refractivity contribution is 5.95. The van der Waals surface area contributed by atoms with Crippen molar-refractivity contribution in [2.24, 2.45) is 5.41 Å². The number of hydrogen-bond acceptors (Lipinski definition) is 4. The molecule has 8 heteroatoms. The summed E-state index contributed by atoms with van der Waals surface area (Å²) in [4.78, 5) is 14.2. The topological polar surface area (TPSA) is 59.7 Å². The predicted molar refractivity (Wildman–Crippen MR) is 76.3 cm³/mol. The van der Waals surface area contributed by atoms with Gasteiger partial charge in [-0.15, -0.1) is 10.2 Å². The van der Waals surface area contributed by atoms with Gasteiger partial charge in [-0.25, -0.2) is 8.78 Å². The van der Waals surface area contributed by atoms with E-state index in [0.29, 0.717) is 17.8 Å². The number of piperidine rings is 1. The van der Waals surface area contributed by atoms with Crippen molar-refractivity contribution in [3.8, 4) is 0 Å². The summed E-state index contributed by atoms with van der Waals surface area (Å²) < 4.78 is 35.6. The molecule has 0 aliphatic carbocycles. The van der Waals surface area contributed by atoms with E-state index in [4.69, 9.17) is 4.74 Å². The van der Waals surface area contributed by atoms with Gasteiger partial charge in [-0.05, 0) is 18.6 Å². The van der Waals surface area contributed by atoms with Crippen LogP contribution >= 0.6 is 0 Å². The average Bonchev–Trinajstić information content (AvgIpc) is 3.19. The Hall–Kier alpha value is -2.09. The minimum Gasteiger partial charge on any atom is -0.381 e. The molecule has 6 nitrogen and oxygen atoms in total. The molecule has 0 radical (unpaired) electrons. The molecule has 1 unspecified atom stereocenters. The van der Waals surface area contributed by atoms with Crippen LogP contribution in [-0.2, 0) is 4.74 Å². The van der Waals surface area contributed by atoms with Crippen LogP contribution in [0, 0.1) is 5.41 Å². The maximum absolute atomic E-state index is 14.3. The summed E-state index contributed by atoms with van der Waals surface area (Å²) in [6.45, 7) is 0.401. The van der Waals surface area contributed by atoms with E-state index in [1.165, 1.54) is 11.2 Å². The number of amides is 1. The van der Waals surface area contributed by atoms with Crippen molar-refractivity contribution in [2.75, 3.05) is 26.3 Å². The van der Waals surface area contributed by atoms with Crippen molar-refractivity contribution in [3.05, 3.63) is 30.2 Å². The van der Waals surface area contributed by atoms with Gasteiger partial charge in [0.1, 0.15) is 6.33 Å². The van der Waals surface area contributed by atoms with Gasteiger partial charge in [0.05, 0.1) is 12.0 Å². The molecule has 2 aliphatic rings. The molecule has 2 aromatic rings. The van der Waals surface area contributed by atoms with E-state index in [1.807, 2.05) is 0 Å². The van der Waals surface area contributed by atoms with Gasteiger partial charge in [-0.2, -0.15) is 0 Å². The number of likely N-dealkylation sites (tertiary alicyclic amines) is 1. The number of aromatic nitrogens is 3. The lowest BCUT2D eigenvalue weighted by Gasteiger charge is -2.45. The number of hydrogen-bond donors (Lipinski definition) is 0. The average molecular weight is 322 g/mol. The molecule has 23 heavy (non-hydrogen) atoms. The van der Waals surface area contributed by atoms with Crippen molar-refractivity contribution in [1.82, 2.24) is 19.5 Å². The Morgan fingerprint density at radius 2 is 2.22 bits per heavy atom. The molecule has 4 rings (SSSR count). The van der Waals surface area contributed by atoms with Crippen LogP contribution in [0.1, 0.15) is 23.2 Å². The lowest BCUT2D eigenvalue weighted by atomic mass is 9.75. The van der Waals surface area contributed by atoms with Gasteiger partial charge in [0, 0.05) is 37.9 Å². The molecule has 1 amide bonds. The van der Waals surface area contributed by atoms with E-state index >= 15 is 0 Å². The predicted octanol–water partition coefficient (Wildman–Crippen LogP) is 1.62. The van der Waals surface area contributed by atoms with Crippen molar-refractivity contribution in [2.45, 2.75) is 18.8 Å². The highest BCUT2D eigenvalue weighted by Crippen LogP contribution is 2.48. The number of nitrogens with zero attached hydrogens (tertiary/aromatic N) is 4. The molecular weight excluding hydrogens is 306 g/mol. The zero-order valence-electron chi connectivity index (χ0n) is 12.4. The van der Waals surface area contributed by atoms with Gasteiger partial charge < -0.3 is 9.64 Å².